The topological polar surface area (TPSA) is 20.3 Å². The van der Waals surface area contributed by atoms with E-state index >= 15 is 0 Å². The highest BCUT2D eigenvalue weighted by molar-refractivity contribution is 7.98. The standard InChI is InChI=1S/C14H17Cl2NOS/c1-17(8-9-5-10(15)6-9)14(18)12-7-11(19-2)3-4-13(12)16/h3-4,7,9-10H,5-6,8H2,1-2H3. The minimum atomic E-state index is -0.0149. The minimum absolute atomic E-state index is 0.0149. The molecular formula is C14H17Cl2NOS. The Balaban J connectivity index is 2.05. The van der Waals surface area contributed by atoms with Gasteiger partial charge >= 0.3 is 0 Å². The molecular weight excluding hydrogens is 301 g/mol. The molecule has 2 nitrogen and oxygen atoms in total. The molecule has 1 aromatic carbocycles. The molecule has 1 fully saturated rings. The van der Waals surface area contributed by atoms with Crippen molar-refractivity contribution in [1.82, 2.24) is 4.90 Å². The van der Waals surface area contributed by atoms with Crippen LogP contribution in [0.4, 0.5) is 0 Å². The Bertz CT molecular complexity index is 475. The Morgan fingerprint density at radius 1 is 1.47 bits per heavy atom. The number of halogens is 2. The van der Waals surface area contributed by atoms with Gasteiger partial charge in [0.05, 0.1) is 10.6 Å². The van der Waals surface area contributed by atoms with E-state index in [1.54, 1.807) is 22.7 Å². The molecule has 0 aliphatic heterocycles. The summed E-state index contributed by atoms with van der Waals surface area (Å²) in [5, 5.41) is 0.801. The average Bonchev–Trinajstić information content (AvgIpc) is 2.36. The molecule has 5 heteroatoms. The molecule has 0 saturated heterocycles. The van der Waals surface area contributed by atoms with Crippen LogP contribution in [0.5, 0.6) is 0 Å². The third-order valence-corrected chi connectivity index (χ3v) is 4.87. The van der Waals surface area contributed by atoms with Crippen molar-refractivity contribution in [3.63, 3.8) is 0 Å². The van der Waals surface area contributed by atoms with E-state index in [9.17, 15) is 4.79 Å². The molecule has 0 spiro atoms. The first-order chi connectivity index (χ1) is 9.01. The highest BCUT2D eigenvalue weighted by atomic mass is 35.5. The van der Waals surface area contributed by atoms with Gasteiger partial charge in [0.25, 0.3) is 5.91 Å². The Morgan fingerprint density at radius 3 is 2.74 bits per heavy atom. The number of alkyl halides is 1. The molecule has 0 bridgehead atoms. The SMILES string of the molecule is CSc1ccc(Cl)c(C(=O)N(C)CC2CC(Cl)C2)c1. The van der Waals surface area contributed by atoms with Crippen LogP contribution in [0.1, 0.15) is 23.2 Å². The lowest BCUT2D eigenvalue weighted by molar-refractivity contribution is 0.0747. The molecule has 1 amide bonds. The molecule has 0 heterocycles. The number of thioether (sulfide) groups is 1. The highest BCUT2D eigenvalue weighted by Gasteiger charge is 2.29. The summed E-state index contributed by atoms with van der Waals surface area (Å²) in [6.45, 7) is 0.752. The molecule has 0 radical (unpaired) electrons. The van der Waals surface area contributed by atoms with Crippen molar-refractivity contribution in [3.05, 3.63) is 28.8 Å². The van der Waals surface area contributed by atoms with Gasteiger partial charge < -0.3 is 4.90 Å². The van der Waals surface area contributed by atoms with Crippen molar-refractivity contribution in [2.45, 2.75) is 23.1 Å². The van der Waals surface area contributed by atoms with Crippen LogP contribution < -0.4 is 0 Å². The monoisotopic (exact) mass is 317 g/mol. The lowest BCUT2D eigenvalue weighted by Crippen LogP contribution is -2.38. The first kappa shape index (κ1) is 15.0. The van der Waals surface area contributed by atoms with Crippen molar-refractivity contribution in [3.8, 4) is 0 Å². The summed E-state index contributed by atoms with van der Waals surface area (Å²) >= 11 is 13.7. The number of amides is 1. The number of rotatable bonds is 4. The van der Waals surface area contributed by atoms with Crippen LogP contribution in [0.15, 0.2) is 23.1 Å². The Labute approximate surface area is 128 Å². The zero-order chi connectivity index (χ0) is 14.0. The summed E-state index contributed by atoms with van der Waals surface area (Å²) in [5.74, 6) is 0.512. The summed E-state index contributed by atoms with van der Waals surface area (Å²) in [6.07, 6.45) is 3.98. The third kappa shape index (κ3) is 3.59. The van der Waals surface area contributed by atoms with Gasteiger partial charge in [0, 0.05) is 23.9 Å². The van der Waals surface area contributed by atoms with E-state index < -0.39 is 0 Å². The van der Waals surface area contributed by atoms with Crippen LogP contribution in [0.3, 0.4) is 0 Å². The predicted octanol–water partition coefficient (Wildman–Crippen LogP) is 4.15. The van der Waals surface area contributed by atoms with Gasteiger partial charge in [-0.2, -0.15) is 0 Å². The van der Waals surface area contributed by atoms with Gasteiger partial charge in [0.1, 0.15) is 0 Å². The Morgan fingerprint density at radius 2 is 2.16 bits per heavy atom. The van der Waals surface area contributed by atoms with Gasteiger partial charge in [0.2, 0.25) is 0 Å². The molecule has 19 heavy (non-hydrogen) atoms. The smallest absolute Gasteiger partial charge is 0.255 e. The van der Waals surface area contributed by atoms with Gasteiger partial charge in [0.15, 0.2) is 0 Å². The zero-order valence-electron chi connectivity index (χ0n) is 11.0. The number of hydrogen-bond acceptors (Lipinski definition) is 2. The molecule has 104 valence electrons. The first-order valence-electron chi connectivity index (χ1n) is 6.24. The summed E-state index contributed by atoms with van der Waals surface area (Å²) in [5.41, 5.74) is 0.581. The van der Waals surface area contributed by atoms with Crippen LogP contribution in [0, 0.1) is 5.92 Å². The fourth-order valence-corrected chi connectivity index (χ4v) is 3.42. The van der Waals surface area contributed by atoms with Crippen molar-refractivity contribution in [2.24, 2.45) is 5.92 Å². The van der Waals surface area contributed by atoms with Crippen LogP contribution >= 0.6 is 35.0 Å². The Hall–Kier alpha value is -0.380. The second kappa shape index (κ2) is 6.38. The number of carbonyl (C=O) groups is 1. The summed E-state index contributed by atoms with van der Waals surface area (Å²) in [6, 6.07) is 5.57. The van der Waals surface area contributed by atoms with E-state index in [4.69, 9.17) is 23.2 Å². The number of carbonyl (C=O) groups excluding carboxylic acids is 1. The summed E-state index contributed by atoms with van der Waals surface area (Å²) in [4.78, 5) is 15.2. The molecule has 1 aliphatic rings. The van der Waals surface area contributed by atoms with Gasteiger partial charge in [-0.1, -0.05) is 11.6 Å². The molecule has 0 atom stereocenters. The van der Waals surface area contributed by atoms with Crippen molar-refractivity contribution in [2.75, 3.05) is 19.8 Å². The second-order valence-electron chi connectivity index (χ2n) is 4.97. The average molecular weight is 318 g/mol. The Kier molecular flexibility index (Phi) is 5.04. The van der Waals surface area contributed by atoms with Crippen LogP contribution in [-0.4, -0.2) is 36.0 Å². The van der Waals surface area contributed by atoms with Crippen LogP contribution in [-0.2, 0) is 0 Å². The predicted molar refractivity (Wildman–Crippen MR) is 82.6 cm³/mol. The second-order valence-corrected chi connectivity index (χ2v) is 6.87. The number of benzene rings is 1. The fraction of sp³-hybridized carbons (Fsp3) is 0.500. The minimum Gasteiger partial charge on any atom is -0.341 e. The van der Waals surface area contributed by atoms with E-state index in [2.05, 4.69) is 0 Å². The van der Waals surface area contributed by atoms with E-state index in [1.807, 2.05) is 25.4 Å². The largest absolute Gasteiger partial charge is 0.341 e. The van der Waals surface area contributed by atoms with E-state index in [0.29, 0.717) is 16.5 Å². The van der Waals surface area contributed by atoms with Crippen LogP contribution in [0.2, 0.25) is 5.02 Å². The summed E-state index contributed by atoms with van der Waals surface area (Å²) in [7, 11) is 1.83. The van der Waals surface area contributed by atoms with Gasteiger partial charge in [-0.3, -0.25) is 4.79 Å². The van der Waals surface area contributed by atoms with Crippen LogP contribution in [0.25, 0.3) is 0 Å². The van der Waals surface area contributed by atoms with Crippen molar-refractivity contribution >= 4 is 40.9 Å². The molecule has 0 N–H and O–H groups in total. The van der Waals surface area contributed by atoms with E-state index in [-0.39, 0.29) is 11.3 Å². The fourth-order valence-electron chi connectivity index (χ4n) is 2.27. The molecule has 2 rings (SSSR count). The molecule has 0 aromatic heterocycles. The lowest BCUT2D eigenvalue weighted by atomic mass is 9.84. The number of nitrogens with zero attached hydrogens (tertiary/aromatic N) is 1. The molecule has 1 aliphatic carbocycles. The highest BCUT2D eigenvalue weighted by Crippen LogP contribution is 2.33. The maximum atomic E-state index is 12.4. The maximum Gasteiger partial charge on any atom is 0.255 e. The maximum absolute atomic E-state index is 12.4. The zero-order valence-corrected chi connectivity index (χ0v) is 13.4. The van der Waals surface area contributed by atoms with Gasteiger partial charge in [-0.05, 0) is 43.2 Å². The molecule has 0 unspecified atom stereocenters. The van der Waals surface area contributed by atoms with Crippen molar-refractivity contribution in [1.29, 1.82) is 0 Å². The van der Waals surface area contributed by atoms with Crippen molar-refractivity contribution < 1.29 is 4.79 Å². The van der Waals surface area contributed by atoms with E-state index in [1.165, 1.54) is 0 Å². The van der Waals surface area contributed by atoms with E-state index in [0.717, 1.165) is 24.3 Å². The first-order valence-corrected chi connectivity index (χ1v) is 8.28. The molecule has 1 aromatic rings. The quantitative estimate of drug-likeness (QED) is 0.614. The summed E-state index contributed by atoms with van der Waals surface area (Å²) < 4.78 is 0. The van der Waals surface area contributed by atoms with Gasteiger partial charge in [-0.15, -0.1) is 23.4 Å². The lowest BCUT2D eigenvalue weighted by Gasteiger charge is -2.34. The normalized spacial score (nSPS) is 21.9. The molecule has 1 saturated carbocycles. The third-order valence-electron chi connectivity index (χ3n) is 3.46. The van der Waals surface area contributed by atoms with Gasteiger partial charge in [-0.25, -0.2) is 0 Å². The number of hydrogen-bond donors (Lipinski definition) is 0.